The second-order valence-electron chi connectivity index (χ2n) is 1.80. The summed E-state index contributed by atoms with van der Waals surface area (Å²) in [6, 6.07) is 1.74. The predicted octanol–water partition coefficient (Wildman–Crippen LogP) is 0.131. The minimum atomic E-state index is -0.393. The molecule has 0 bridgehead atoms. The molecule has 1 amide bonds. The summed E-state index contributed by atoms with van der Waals surface area (Å²) < 4.78 is 2.17. The van der Waals surface area contributed by atoms with Gasteiger partial charge in [-0.15, -0.1) is 0 Å². The van der Waals surface area contributed by atoms with Gasteiger partial charge in [0.2, 0.25) is 5.91 Å². The molecule has 10 heavy (non-hydrogen) atoms. The van der Waals surface area contributed by atoms with Gasteiger partial charge < -0.3 is 5.73 Å². The zero-order valence-electron chi connectivity index (χ0n) is 5.12. The lowest BCUT2D eigenvalue weighted by molar-refractivity contribution is -0.118. The van der Waals surface area contributed by atoms with Crippen molar-refractivity contribution < 1.29 is 4.79 Å². The third-order valence-electron chi connectivity index (χ3n) is 0.926. The van der Waals surface area contributed by atoms with Crippen molar-refractivity contribution in [1.29, 1.82) is 0 Å². The van der Waals surface area contributed by atoms with Crippen LogP contribution in [0.15, 0.2) is 16.9 Å². The van der Waals surface area contributed by atoms with E-state index in [1.165, 1.54) is 4.68 Å². The molecule has 0 aromatic carbocycles. The van der Waals surface area contributed by atoms with Crippen LogP contribution in [0.1, 0.15) is 0 Å². The standard InChI is InChI=1S/C5H6BrN3O/c6-4-1-2-9(8-4)3-5(7)10/h1-2H,3H2,(H2,7,10). The Bertz CT molecular complexity index is 245. The molecular weight excluding hydrogens is 198 g/mol. The van der Waals surface area contributed by atoms with Crippen LogP contribution < -0.4 is 5.73 Å². The van der Waals surface area contributed by atoms with Gasteiger partial charge in [-0.1, -0.05) is 0 Å². The van der Waals surface area contributed by atoms with Crippen LogP contribution in [0.5, 0.6) is 0 Å². The Balaban J connectivity index is 2.67. The van der Waals surface area contributed by atoms with E-state index in [-0.39, 0.29) is 6.54 Å². The van der Waals surface area contributed by atoms with Gasteiger partial charge in [-0.05, 0) is 22.0 Å². The number of amides is 1. The van der Waals surface area contributed by atoms with Gasteiger partial charge in [0.15, 0.2) is 0 Å². The molecule has 0 spiro atoms. The van der Waals surface area contributed by atoms with Crippen molar-refractivity contribution in [2.24, 2.45) is 5.73 Å². The lowest BCUT2D eigenvalue weighted by atomic mass is 10.6. The Morgan fingerprint density at radius 2 is 2.60 bits per heavy atom. The zero-order chi connectivity index (χ0) is 7.56. The summed E-state index contributed by atoms with van der Waals surface area (Å²) in [4.78, 5) is 10.3. The molecule has 0 saturated heterocycles. The van der Waals surface area contributed by atoms with Crippen molar-refractivity contribution in [3.63, 3.8) is 0 Å². The van der Waals surface area contributed by atoms with Crippen molar-refractivity contribution in [3.05, 3.63) is 16.9 Å². The van der Waals surface area contributed by atoms with Crippen molar-refractivity contribution >= 4 is 21.8 Å². The molecule has 1 aromatic heterocycles. The van der Waals surface area contributed by atoms with Crippen LogP contribution in [0.4, 0.5) is 0 Å². The summed E-state index contributed by atoms with van der Waals surface area (Å²) in [7, 11) is 0. The molecule has 0 fully saturated rings. The molecular formula is C5H6BrN3O. The van der Waals surface area contributed by atoms with Crippen LogP contribution in [0.25, 0.3) is 0 Å². The zero-order valence-corrected chi connectivity index (χ0v) is 6.71. The van der Waals surface area contributed by atoms with E-state index in [4.69, 9.17) is 5.73 Å². The molecule has 0 unspecified atom stereocenters. The minimum absolute atomic E-state index is 0.131. The Kier molecular flexibility index (Phi) is 2.06. The fraction of sp³-hybridized carbons (Fsp3) is 0.200. The van der Waals surface area contributed by atoms with Gasteiger partial charge in [0.25, 0.3) is 0 Å². The molecule has 2 N–H and O–H groups in total. The normalized spacial score (nSPS) is 9.70. The van der Waals surface area contributed by atoms with Crippen LogP contribution in [0.3, 0.4) is 0 Å². The maximum atomic E-state index is 10.3. The molecule has 0 aliphatic heterocycles. The number of carbonyl (C=O) groups excluding carboxylic acids is 1. The number of hydrogen-bond donors (Lipinski definition) is 1. The van der Waals surface area contributed by atoms with Crippen LogP contribution >= 0.6 is 15.9 Å². The number of aromatic nitrogens is 2. The molecule has 1 aromatic rings. The van der Waals surface area contributed by atoms with E-state index in [2.05, 4.69) is 21.0 Å². The topological polar surface area (TPSA) is 60.9 Å². The first-order chi connectivity index (χ1) is 4.68. The highest BCUT2D eigenvalue weighted by Crippen LogP contribution is 2.02. The van der Waals surface area contributed by atoms with Gasteiger partial charge in [0.05, 0.1) is 0 Å². The summed E-state index contributed by atoms with van der Waals surface area (Å²) in [5.41, 5.74) is 4.92. The van der Waals surface area contributed by atoms with Crippen molar-refractivity contribution in [1.82, 2.24) is 9.78 Å². The number of halogens is 1. The fourth-order valence-electron chi connectivity index (χ4n) is 0.585. The first-order valence-corrected chi connectivity index (χ1v) is 3.45. The monoisotopic (exact) mass is 203 g/mol. The van der Waals surface area contributed by atoms with E-state index < -0.39 is 5.91 Å². The van der Waals surface area contributed by atoms with E-state index in [1.807, 2.05) is 0 Å². The lowest BCUT2D eigenvalue weighted by Gasteiger charge is -1.93. The van der Waals surface area contributed by atoms with E-state index in [0.717, 1.165) is 0 Å². The number of nitrogens with two attached hydrogens (primary N) is 1. The Labute approximate surface area is 66.1 Å². The molecule has 0 radical (unpaired) electrons. The van der Waals surface area contributed by atoms with E-state index in [0.29, 0.717) is 4.60 Å². The summed E-state index contributed by atoms with van der Waals surface area (Å²) in [5.74, 6) is -0.393. The SMILES string of the molecule is NC(=O)Cn1ccc(Br)n1. The number of nitrogens with zero attached hydrogens (tertiary/aromatic N) is 2. The van der Waals surface area contributed by atoms with Gasteiger partial charge in [-0.2, -0.15) is 5.10 Å². The van der Waals surface area contributed by atoms with E-state index in [1.54, 1.807) is 12.3 Å². The Morgan fingerprint density at radius 3 is 3.00 bits per heavy atom. The predicted molar refractivity (Wildman–Crippen MR) is 39.1 cm³/mol. The number of hydrogen-bond acceptors (Lipinski definition) is 2. The molecule has 0 aliphatic carbocycles. The maximum Gasteiger partial charge on any atom is 0.239 e. The van der Waals surface area contributed by atoms with Crippen LogP contribution in [0.2, 0.25) is 0 Å². The second kappa shape index (κ2) is 2.83. The fourth-order valence-corrected chi connectivity index (χ4v) is 0.907. The van der Waals surface area contributed by atoms with Gasteiger partial charge in [-0.25, -0.2) is 0 Å². The van der Waals surface area contributed by atoms with Gasteiger partial charge in [0.1, 0.15) is 11.1 Å². The van der Waals surface area contributed by atoms with Crippen LogP contribution in [0, 0.1) is 0 Å². The minimum Gasteiger partial charge on any atom is -0.368 e. The Morgan fingerprint density at radius 1 is 1.90 bits per heavy atom. The molecule has 5 heteroatoms. The van der Waals surface area contributed by atoms with Crippen LogP contribution in [-0.2, 0) is 11.3 Å². The third-order valence-corrected chi connectivity index (χ3v) is 1.35. The first-order valence-electron chi connectivity index (χ1n) is 2.66. The molecule has 0 saturated carbocycles. The summed E-state index contributed by atoms with van der Waals surface area (Å²) >= 11 is 3.14. The number of rotatable bonds is 2. The number of carbonyl (C=O) groups is 1. The highest BCUT2D eigenvalue weighted by molar-refractivity contribution is 9.10. The highest BCUT2D eigenvalue weighted by atomic mass is 79.9. The third kappa shape index (κ3) is 1.84. The van der Waals surface area contributed by atoms with Gasteiger partial charge >= 0.3 is 0 Å². The Hall–Kier alpha value is -0.840. The highest BCUT2D eigenvalue weighted by Gasteiger charge is 1.97. The average Bonchev–Trinajstić information content (AvgIpc) is 2.13. The van der Waals surface area contributed by atoms with Gasteiger partial charge in [0, 0.05) is 6.20 Å². The summed E-state index contributed by atoms with van der Waals surface area (Å²) in [6.07, 6.45) is 1.68. The lowest BCUT2D eigenvalue weighted by Crippen LogP contribution is -2.18. The smallest absolute Gasteiger partial charge is 0.239 e. The molecule has 0 atom stereocenters. The van der Waals surface area contributed by atoms with Crippen LogP contribution in [-0.4, -0.2) is 15.7 Å². The average molecular weight is 204 g/mol. The number of primary amides is 1. The van der Waals surface area contributed by atoms with Crippen molar-refractivity contribution in [3.8, 4) is 0 Å². The molecule has 54 valence electrons. The first kappa shape index (κ1) is 7.27. The molecule has 0 aliphatic rings. The van der Waals surface area contributed by atoms with E-state index in [9.17, 15) is 4.79 Å². The van der Waals surface area contributed by atoms with Crippen molar-refractivity contribution in [2.45, 2.75) is 6.54 Å². The molecule has 1 rings (SSSR count). The quantitative estimate of drug-likeness (QED) is 0.744. The van der Waals surface area contributed by atoms with Crippen molar-refractivity contribution in [2.75, 3.05) is 0 Å². The summed E-state index contributed by atoms with van der Waals surface area (Å²) in [5, 5.41) is 3.88. The summed E-state index contributed by atoms with van der Waals surface area (Å²) in [6.45, 7) is 0.131. The maximum absolute atomic E-state index is 10.3. The molecule has 4 nitrogen and oxygen atoms in total. The largest absolute Gasteiger partial charge is 0.368 e. The van der Waals surface area contributed by atoms with E-state index >= 15 is 0 Å². The second-order valence-corrected chi connectivity index (χ2v) is 2.61. The molecule has 1 heterocycles. The van der Waals surface area contributed by atoms with Gasteiger partial charge in [-0.3, -0.25) is 9.48 Å².